The largest absolute Gasteiger partial charge is 0.416 e. The Balaban J connectivity index is 1.09. The summed E-state index contributed by atoms with van der Waals surface area (Å²) in [5.41, 5.74) is 1.67. The number of benzene rings is 1. The van der Waals surface area contributed by atoms with Gasteiger partial charge in [0.25, 0.3) is 11.1 Å². The molecular formula is C30H26F3N7O2S. The van der Waals surface area contributed by atoms with E-state index >= 15 is 0 Å². The second-order valence-corrected chi connectivity index (χ2v) is 11.3. The molecule has 5 heterocycles. The minimum atomic E-state index is -4.50. The topological polar surface area (TPSA) is 113 Å². The third-order valence-electron chi connectivity index (χ3n) is 7.35. The van der Waals surface area contributed by atoms with E-state index < -0.39 is 22.9 Å². The molecule has 2 N–H and O–H groups in total. The number of nitrogens with one attached hydrogen (secondary N) is 2. The molecule has 2 saturated heterocycles. The number of imide groups is 1. The standard InChI is InChI=1S/C30H26F3N7O2S/c31-30(32,33)19-13-21(37-25(14-19)23-6-10-35-24-4-2-1-3-22(23)24)17-34-16-18-7-11-40(12-8-18)28-36-9-5-20(38-28)15-26-27(41)39-29(42)43-26/h1-6,9-10,13-15,18,34H,7-8,11-12,16-17H2,(H,39,41,42)/b26-15+. The van der Waals surface area contributed by atoms with Crippen LogP contribution in [0.3, 0.4) is 0 Å². The zero-order valence-corrected chi connectivity index (χ0v) is 23.6. The van der Waals surface area contributed by atoms with E-state index in [0.717, 1.165) is 42.1 Å². The monoisotopic (exact) mass is 605 g/mol. The summed E-state index contributed by atoms with van der Waals surface area (Å²) in [5, 5.41) is 5.87. The van der Waals surface area contributed by atoms with Crippen LogP contribution in [0.1, 0.15) is 29.8 Å². The lowest BCUT2D eigenvalue weighted by Crippen LogP contribution is -2.38. The highest BCUT2D eigenvalue weighted by Crippen LogP contribution is 2.34. The van der Waals surface area contributed by atoms with Crippen LogP contribution in [0.25, 0.3) is 28.2 Å². The van der Waals surface area contributed by atoms with Crippen molar-refractivity contribution in [1.29, 1.82) is 0 Å². The molecule has 0 bridgehead atoms. The molecule has 0 aliphatic carbocycles. The van der Waals surface area contributed by atoms with E-state index in [1.807, 2.05) is 24.3 Å². The van der Waals surface area contributed by atoms with Gasteiger partial charge in [-0.1, -0.05) is 18.2 Å². The SMILES string of the molecule is O=C1NC(=O)/C(=C\c2ccnc(N3CCC(CNCc4cc(C(F)(F)F)cc(-c5ccnc6ccccc56)n4)CC3)n2)S1. The van der Waals surface area contributed by atoms with E-state index in [1.165, 1.54) is 0 Å². The number of pyridine rings is 2. The highest BCUT2D eigenvalue weighted by Gasteiger charge is 2.32. The Morgan fingerprint density at radius 3 is 2.58 bits per heavy atom. The number of hydrogen-bond donors (Lipinski definition) is 2. The summed E-state index contributed by atoms with van der Waals surface area (Å²) >= 11 is 0.836. The van der Waals surface area contributed by atoms with Gasteiger partial charge in [0.05, 0.1) is 33.1 Å². The van der Waals surface area contributed by atoms with Gasteiger partial charge in [-0.3, -0.25) is 24.9 Å². The average molecular weight is 606 g/mol. The van der Waals surface area contributed by atoms with Crippen molar-refractivity contribution < 1.29 is 22.8 Å². The van der Waals surface area contributed by atoms with Crippen LogP contribution in [-0.2, 0) is 17.5 Å². The summed E-state index contributed by atoms with van der Waals surface area (Å²) in [5.74, 6) is 0.422. The number of para-hydroxylation sites is 1. The first-order valence-corrected chi connectivity index (χ1v) is 14.5. The molecule has 13 heteroatoms. The Morgan fingerprint density at radius 1 is 1.02 bits per heavy atom. The van der Waals surface area contributed by atoms with Crippen molar-refractivity contribution in [3.05, 3.63) is 82.8 Å². The molecule has 43 heavy (non-hydrogen) atoms. The second kappa shape index (κ2) is 12.1. The molecule has 3 aromatic heterocycles. The summed E-state index contributed by atoms with van der Waals surface area (Å²) in [6.45, 7) is 2.25. The molecule has 0 unspecified atom stereocenters. The smallest absolute Gasteiger partial charge is 0.341 e. The molecule has 6 rings (SSSR count). The molecule has 0 spiro atoms. The van der Waals surface area contributed by atoms with Crippen LogP contribution in [0.2, 0.25) is 0 Å². The number of fused-ring (bicyclic) bond motifs is 1. The van der Waals surface area contributed by atoms with E-state index in [2.05, 4.69) is 35.5 Å². The minimum Gasteiger partial charge on any atom is -0.341 e. The van der Waals surface area contributed by atoms with Crippen molar-refractivity contribution in [2.75, 3.05) is 24.5 Å². The summed E-state index contributed by atoms with van der Waals surface area (Å²) in [6.07, 6.45) is 1.96. The third-order valence-corrected chi connectivity index (χ3v) is 8.16. The number of hydrogen-bond acceptors (Lipinski definition) is 9. The highest BCUT2D eigenvalue weighted by molar-refractivity contribution is 8.18. The van der Waals surface area contributed by atoms with Crippen LogP contribution in [0.5, 0.6) is 0 Å². The van der Waals surface area contributed by atoms with Crippen LogP contribution in [0, 0.1) is 5.92 Å². The minimum absolute atomic E-state index is 0.202. The lowest BCUT2D eigenvalue weighted by molar-refractivity contribution is -0.137. The normalized spacial score (nSPS) is 17.2. The van der Waals surface area contributed by atoms with Crippen molar-refractivity contribution in [2.45, 2.75) is 25.6 Å². The lowest BCUT2D eigenvalue weighted by Gasteiger charge is -2.32. The number of carbonyl (C=O) groups is 2. The van der Waals surface area contributed by atoms with Gasteiger partial charge in [0.15, 0.2) is 0 Å². The van der Waals surface area contributed by atoms with Crippen molar-refractivity contribution in [1.82, 2.24) is 30.6 Å². The molecule has 1 aromatic carbocycles. The maximum atomic E-state index is 13.8. The second-order valence-electron chi connectivity index (χ2n) is 10.3. The molecule has 9 nitrogen and oxygen atoms in total. The van der Waals surface area contributed by atoms with Crippen LogP contribution in [0.15, 0.2) is 65.8 Å². The number of piperidine rings is 1. The average Bonchev–Trinajstić information content (AvgIpc) is 3.32. The fourth-order valence-corrected chi connectivity index (χ4v) is 5.86. The molecule has 0 atom stereocenters. The molecule has 220 valence electrons. The maximum absolute atomic E-state index is 13.8. The molecule has 2 amide bonds. The van der Waals surface area contributed by atoms with Crippen LogP contribution < -0.4 is 15.5 Å². The number of alkyl halides is 3. The molecule has 0 radical (unpaired) electrons. The number of carbonyl (C=O) groups excluding carboxylic acids is 2. The van der Waals surface area contributed by atoms with Gasteiger partial charge in [0, 0.05) is 43.0 Å². The van der Waals surface area contributed by atoms with Crippen molar-refractivity contribution in [2.24, 2.45) is 5.92 Å². The predicted molar refractivity (Wildman–Crippen MR) is 158 cm³/mol. The summed E-state index contributed by atoms with van der Waals surface area (Å²) < 4.78 is 41.4. The Hall–Kier alpha value is -4.36. The quantitative estimate of drug-likeness (QED) is 0.266. The number of halogens is 3. The predicted octanol–water partition coefficient (Wildman–Crippen LogP) is 5.44. The van der Waals surface area contributed by atoms with E-state index in [9.17, 15) is 22.8 Å². The first kappa shape index (κ1) is 28.7. The Morgan fingerprint density at radius 2 is 1.81 bits per heavy atom. The molecular weight excluding hydrogens is 579 g/mol. The number of rotatable bonds is 7. The molecule has 4 aromatic rings. The zero-order valence-electron chi connectivity index (χ0n) is 22.8. The lowest BCUT2D eigenvalue weighted by atomic mass is 9.97. The Labute approximate surface area is 249 Å². The summed E-state index contributed by atoms with van der Waals surface area (Å²) in [4.78, 5) is 43.4. The molecule has 2 fully saturated rings. The summed E-state index contributed by atoms with van der Waals surface area (Å²) in [7, 11) is 0. The number of anilines is 1. The Kier molecular flexibility index (Phi) is 8.08. The van der Waals surface area contributed by atoms with Crippen LogP contribution in [0.4, 0.5) is 23.9 Å². The van der Waals surface area contributed by atoms with E-state index in [-0.39, 0.29) is 17.1 Å². The number of nitrogens with zero attached hydrogens (tertiary/aromatic N) is 5. The van der Waals surface area contributed by atoms with Gasteiger partial charge in [-0.25, -0.2) is 9.97 Å². The van der Waals surface area contributed by atoms with Gasteiger partial charge >= 0.3 is 6.18 Å². The maximum Gasteiger partial charge on any atom is 0.416 e. The number of thioether (sulfide) groups is 1. The summed E-state index contributed by atoms with van der Waals surface area (Å²) in [6, 6.07) is 12.9. The van der Waals surface area contributed by atoms with Gasteiger partial charge in [-0.15, -0.1) is 0 Å². The Bertz CT molecular complexity index is 1720. The van der Waals surface area contributed by atoms with Crippen molar-refractivity contribution >= 4 is 45.8 Å². The van der Waals surface area contributed by atoms with Gasteiger partial charge in [-0.2, -0.15) is 13.2 Å². The van der Waals surface area contributed by atoms with Gasteiger partial charge < -0.3 is 10.2 Å². The van der Waals surface area contributed by atoms with Gasteiger partial charge in [-0.05, 0) is 73.5 Å². The molecule has 2 aliphatic heterocycles. The van der Waals surface area contributed by atoms with E-state index in [1.54, 1.807) is 30.6 Å². The first-order valence-electron chi connectivity index (χ1n) is 13.7. The fourth-order valence-electron chi connectivity index (χ4n) is 5.19. The number of amides is 2. The molecule has 2 aliphatic rings. The van der Waals surface area contributed by atoms with E-state index in [4.69, 9.17) is 0 Å². The van der Waals surface area contributed by atoms with Crippen LogP contribution >= 0.6 is 11.8 Å². The van der Waals surface area contributed by atoms with Crippen molar-refractivity contribution in [3.63, 3.8) is 0 Å². The van der Waals surface area contributed by atoms with Gasteiger partial charge in [0.2, 0.25) is 5.95 Å². The van der Waals surface area contributed by atoms with Crippen LogP contribution in [-0.4, -0.2) is 50.7 Å². The van der Waals surface area contributed by atoms with Crippen molar-refractivity contribution in [3.8, 4) is 11.3 Å². The molecule has 0 saturated carbocycles. The highest BCUT2D eigenvalue weighted by atomic mass is 32.2. The number of aromatic nitrogens is 4. The first-order chi connectivity index (χ1) is 20.7. The van der Waals surface area contributed by atoms with E-state index in [0.29, 0.717) is 54.0 Å². The zero-order chi connectivity index (χ0) is 30.0. The fraction of sp³-hybridized carbons (Fsp3) is 0.267. The third kappa shape index (κ3) is 6.67. The van der Waals surface area contributed by atoms with Gasteiger partial charge in [0.1, 0.15) is 0 Å².